The van der Waals surface area contributed by atoms with E-state index in [4.69, 9.17) is 37.0 Å². The van der Waals surface area contributed by atoms with Crippen LogP contribution in [0.2, 0.25) is 5.02 Å². The Morgan fingerprint density at radius 3 is 2.67 bits per heavy atom. The Kier molecular flexibility index (Phi) is 6.54. The van der Waals surface area contributed by atoms with Crippen LogP contribution in [0.4, 0.5) is 5.13 Å². The summed E-state index contributed by atoms with van der Waals surface area (Å²) in [5.74, 6) is 3.66. The van der Waals surface area contributed by atoms with Crippen LogP contribution in [0.1, 0.15) is 71.7 Å². The third-order valence-corrected chi connectivity index (χ3v) is 9.68. The maximum absolute atomic E-state index is 12.2. The van der Waals surface area contributed by atoms with Crippen molar-refractivity contribution < 1.29 is 18.8 Å². The Balaban J connectivity index is 1.11. The number of halogens is 1. The maximum Gasteiger partial charge on any atom is 0.337 e. The molecule has 7 nitrogen and oxygen atoms in total. The third-order valence-electron chi connectivity index (χ3n) is 8.33. The van der Waals surface area contributed by atoms with Crippen LogP contribution in [0.15, 0.2) is 40.9 Å². The number of carbonyl (C=O) groups excluding carboxylic acids is 1. The van der Waals surface area contributed by atoms with Gasteiger partial charge in [0.2, 0.25) is 0 Å². The average molecular weight is 574 g/mol. The minimum absolute atomic E-state index is 0.136. The first-order valence-corrected chi connectivity index (χ1v) is 14.9. The Bertz CT molecular complexity index is 1640. The molecule has 204 valence electrons. The van der Waals surface area contributed by atoms with E-state index in [2.05, 4.69) is 16.0 Å². The summed E-state index contributed by atoms with van der Waals surface area (Å²) in [6, 6.07) is 11.9. The van der Waals surface area contributed by atoms with Crippen LogP contribution in [-0.2, 0) is 16.1 Å². The topological polar surface area (TPSA) is 77.7 Å². The van der Waals surface area contributed by atoms with Gasteiger partial charge in [-0.3, -0.25) is 0 Å². The molecule has 1 unspecified atom stereocenters. The van der Waals surface area contributed by atoms with E-state index in [0.29, 0.717) is 40.8 Å². The SMILES string of the molecule is C#Cc1cc(C(=O)OC)cc2sc(N3[C@@H]4CC[C@H]3CC(OCc3c(-c5ccccc5Cl)noc3C3CC3)C4)nc12. The monoisotopic (exact) mass is 573 g/mol. The lowest BCUT2D eigenvalue weighted by molar-refractivity contribution is 0.0147. The summed E-state index contributed by atoms with van der Waals surface area (Å²) in [4.78, 5) is 19.6. The summed E-state index contributed by atoms with van der Waals surface area (Å²) in [6.45, 7) is 0.461. The van der Waals surface area contributed by atoms with Crippen LogP contribution >= 0.6 is 22.9 Å². The van der Waals surface area contributed by atoms with Crippen molar-refractivity contribution in [3.8, 4) is 23.6 Å². The van der Waals surface area contributed by atoms with Crippen molar-refractivity contribution >= 4 is 44.3 Å². The number of carbonyl (C=O) groups is 1. The molecule has 2 aromatic carbocycles. The summed E-state index contributed by atoms with van der Waals surface area (Å²) in [6.07, 6.45) is 12.2. The number of benzene rings is 2. The number of piperidine rings is 1. The van der Waals surface area contributed by atoms with Crippen molar-refractivity contribution in [2.75, 3.05) is 12.0 Å². The van der Waals surface area contributed by atoms with Gasteiger partial charge in [-0.05, 0) is 56.7 Å². The van der Waals surface area contributed by atoms with Crippen LogP contribution < -0.4 is 4.90 Å². The highest BCUT2D eigenvalue weighted by atomic mass is 35.5. The molecule has 0 radical (unpaired) electrons. The molecule has 9 heteroatoms. The molecule has 2 aromatic heterocycles. The second kappa shape index (κ2) is 10.2. The fourth-order valence-electron chi connectivity index (χ4n) is 6.24. The van der Waals surface area contributed by atoms with Crippen molar-refractivity contribution in [3.05, 3.63) is 63.9 Å². The summed E-state index contributed by atoms with van der Waals surface area (Å²) < 4.78 is 18.2. The predicted octanol–water partition coefficient (Wildman–Crippen LogP) is 6.97. The highest BCUT2D eigenvalue weighted by molar-refractivity contribution is 7.22. The van der Waals surface area contributed by atoms with Gasteiger partial charge < -0.3 is 18.9 Å². The Morgan fingerprint density at radius 1 is 1.20 bits per heavy atom. The molecule has 3 atom stereocenters. The number of fused-ring (bicyclic) bond motifs is 3. The molecule has 0 spiro atoms. The molecule has 2 saturated heterocycles. The smallest absolute Gasteiger partial charge is 0.337 e. The molecule has 2 bridgehead atoms. The van der Waals surface area contributed by atoms with E-state index < -0.39 is 5.97 Å². The minimum Gasteiger partial charge on any atom is -0.465 e. The fourth-order valence-corrected chi connectivity index (χ4v) is 7.64. The van der Waals surface area contributed by atoms with E-state index in [9.17, 15) is 4.79 Å². The van der Waals surface area contributed by atoms with E-state index in [1.54, 1.807) is 17.4 Å². The zero-order valence-corrected chi connectivity index (χ0v) is 23.6. The first kappa shape index (κ1) is 25.6. The van der Waals surface area contributed by atoms with Crippen molar-refractivity contribution in [1.82, 2.24) is 10.1 Å². The van der Waals surface area contributed by atoms with Crippen LogP contribution in [0.5, 0.6) is 0 Å². The zero-order valence-electron chi connectivity index (χ0n) is 22.1. The molecule has 0 N–H and O–H groups in total. The number of thiazole rings is 1. The number of nitrogens with zero attached hydrogens (tertiary/aromatic N) is 3. The van der Waals surface area contributed by atoms with Gasteiger partial charge in [0.25, 0.3) is 0 Å². The highest BCUT2D eigenvalue weighted by Gasteiger charge is 2.43. The molecular weight excluding hydrogens is 546 g/mol. The summed E-state index contributed by atoms with van der Waals surface area (Å²) in [5, 5.41) is 6.04. The third kappa shape index (κ3) is 4.46. The number of esters is 1. The molecule has 1 saturated carbocycles. The minimum atomic E-state index is -0.401. The summed E-state index contributed by atoms with van der Waals surface area (Å²) in [7, 11) is 1.37. The van der Waals surface area contributed by atoms with E-state index in [1.807, 2.05) is 30.3 Å². The highest BCUT2D eigenvalue weighted by Crippen LogP contribution is 2.46. The standard InChI is InChI=1S/C31H28ClN3O4S/c1-3-17-12-19(30(36)37-2)13-26-27(17)33-31(40-26)35-20-10-11-21(35)15-22(14-20)38-16-24-28(23-6-4-5-7-25(23)32)34-39-29(24)18-8-9-18/h1,4-7,12-13,18,20-22H,8-11,14-16H2,2H3/t20-,21+,22?. The van der Waals surface area contributed by atoms with Crippen LogP contribution in [-0.4, -0.2) is 41.4 Å². The van der Waals surface area contributed by atoms with Gasteiger partial charge in [0, 0.05) is 29.1 Å². The Labute approximate surface area is 241 Å². The quantitative estimate of drug-likeness (QED) is 0.174. The van der Waals surface area contributed by atoms with Crippen LogP contribution in [0.25, 0.3) is 21.5 Å². The van der Waals surface area contributed by atoms with Gasteiger partial charge in [-0.25, -0.2) is 9.78 Å². The first-order chi connectivity index (χ1) is 19.5. The van der Waals surface area contributed by atoms with Gasteiger partial charge in [-0.15, -0.1) is 6.42 Å². The molecule has 3 fully saturated rings. The van der Waals surface area contributed by atoms with Crippen LogP contribution in [0.3, 0.4) is 0 Å². The number of hydrogen-bond donors (Lipinski definition) is 0. The molecule has 40 heavy (non-hydrogen) atoms. The van der Waals surface area contributed by atoms with Crippen LogP contribution in [0, 0.1) is 12.3 Å². The van der Waals surface area contributed by atoms with Crippen molar-refractivity contribution in [2.45, 2.75) is 69.2 Å². The molecule has 7 rings (SSSR count). The number of methoxy groups -OCH3 is 1. The lowest BCUT2D eigenvalue weighted by Crippen LogP contribution is -2.45. The van der Waals surface area contributed by atoms with E-state index >= 15 is 0 Å². The molecule has 4 heterocycles. The lowest BCUT2D eigenvalue weighted by atomic mass is 10.00. The van der Waals surface area contributed by atoms with Gasteiger partial charge in [0.15, 0.2) is 5.13 Å². The first-order valence-electron chi connectivity index (χ1n) is 13.7. The van der Waals surface area contributed by atoms with E-state index in [-0.39, 0.29) is 6.10 Å². The number of aromatic nitrogens is 2. The van der Waals surface area contributed by atoms with Crippen molar-refractivity contribution in [3.63, 3.8) is 0 Å². The van der Waals surface area contributed by atoms with Gasteiger partial charge in [-0.2, -0.15) is 0 Å². The normalized spacial score (nSPS) is 22.0. The Hall–Kier alpha value is -3.38. The lowest BCUT2D eigenvalue weighted by Gasteiger charge is -2.38. The molecule has 2 aliphatic heterocycles. The Morgan fingerprint density at radius 2 is 1.98 bits per heavy atom. The van der Waals surface area contributed by atoms with Gasteiger partial charge in [0.05, 0.1) is 46.2 Å². The van der Waals surface area contributed by atoms with E-state index in [1.165, 1.54) is 7.11 Å². The number of ether oxygens (including phenoxy) is 2. The van der Waals surface area contributed by atoms with Gasteiger partial charge >= 0.3 is 5.97 Å². The zero-order chi connectivity index (χ0) is 27.4. The number of terminal acetylenes is 1. The molecule has 4 aromatic rings. The molecule has 1 aliphatic carbocycles. The summed E-state index contributed by atoms with van der Waals surface area (Å²) in [5.41, 5.74) is 4.52. The van der Waals surface area contributed by atoms with Crippen molar-refractivity contribution in [2.24, 2.45) is 0 Å². The largest absolute Gasteiger partial charge is 0.465 e. The summed E-state index contributed by atoms with van der Waals surface area (Å²) >= 11 is 8.10. The van der Waals surface area contributed by atoms with Crippen molar-refractivity contribution in [1.29, 1.82) is 0 Å². The number of rotatable bonds is 7. The molecule has 0 amide bonds. The number of hydrogen-bond acceptors (Lipinski definition) is 8. The fraction of sp³-hybridized carbons (Fsp3) is 0.387. The maximum atomic E-state index is 12.2. The molecule has 3 aliphatic rings. The molecular formula is C31H28ClN3O4S. The number of anilines is 1. The predicted molar refractivity (Wildman–Crippen MR) is 155 cm³/mol. The second-order valence-electron chi connectivity index (χ2n) is 10.8. The van der Waals surface area contributed by atoms with Gasteiger partial charge in [0.1, 0.15) is 11.5 Å². The van der Waals surface area contributed by atoms with E-state index in [0.717, 1.165) is 76.5 Å². The second-order valence-corrected chi connectivity index (χ2v) is 12.2. The average Bonchev–Trinajstić information content (AvgIpc) is 3.49. The van der Waals surface area contributed by atoms with Gasteiger partial charge in [-0.1, -0.05) is 52.2 Å².